The molecule has 3 aromatic rings. The van der Waals surface area contributed by atoms with Crippen molar-refractivity contribution < 1.29 is 4.79 Å². The van der Waals surface area contributed by atoms with Crippen molar-refractivity contribution in [3.05, 3.63) is 41.9 Å². The van der Waals surface area contributed by atoms with E-state index in [1.807, 2.05) is 6.07 Å². The van der Waals surface area contributed by atoms with Crippen LogP contribution in [0.2, 0.25) is 0 Å². The number of carbonyl (C=O) groups is 1. The highest BCUT2D eigenvalue weighted by atomic mass is 16.2. The van der Waals surface area contributed by atoms with E-state index in [2.05, 4.69) is 44.0 Å². The van der Waals surface area contributed by atoms with Crippen molar-refractivity contribution in [1.29, 1.82) is 0 Å². The summed E-state index contributed by atoms with van der Waals surface area (Å²) >= 11 is 0. The Bertz CT molecular complexity index is 954. The number of hydrogen-bond acceptors (Lipinski definition) is 4. The zero-order valence-corrected chi connectivity index (χ0v) is 15.3. The van der Waals surface area contributed by atoms with Crippen molar-refractivity contribution in [3.63, 3.8) is 0 Å². The van der Waals surface area contributed by atoms with Gasteiger partial charge in [0.25, 0.3) is 0 Å². The molecule has 0 unspecified atom stereocenters. The molecular formula is C20H24N6O. The van der Waals surface area contributed by atoms with E-state index in [0.29, 0.717) is 0 Å². The third-order valence-electron chi connectivity index (χ3n) is 6.31. The van der Waals surface area contributed by atoms with Crippen LogP contribution in [0.25, 0.3) is 10.9 Å². The number of nitrogens with one attached hydrogen (secondary N) is 2. The summed E-state index contributed by atoms with van der Waals surface area (Å²) in [4.78, 5) is 17.0. The molecule has 1 atom stereocenters. The maximum Gasteiger partial charge on any atom is 0.248 e. The number of nitrogens with zero attached hydrogens (tertiary/aromatic N) is 4. The predicted octanol–water partition coefficient (Wildman–Crippen LogP) is 3.01. The van der Waals surface area contributed by atoms with Gasteiger partial charge in [-0.05, 0) is 54.2 Å². The first-order valence-electron chi connectivity index (χ1n) is 9.92. The fraction of sp³-hybridized carbons (Fsp3) is 0.500. The van der Waals surface area contributed by atoms with Crippen LogP contribution in [0.4, 0.5) is 0 Å². The molecular weight excluding hydrogens is 340 g/mol. The van der Waals surface area contributed by atoms with E-state index in [1.54, 1.807) is 11.0 Å². The van der Waals surface area contributed by atoms with Crippen LogP contribution in [0, 0.1) is 0 Å². The third kappa shape index (κ3) is 2.64. The van der Waals surface area contributed by atoms with Gasteiger partial charge in [-0.15, -0.1) is 5.10 Å². The fourth-order valence-corrected chi connectivity index (χ4v) is 4.91. The summed E-state index contributed by atoms with van der Waals surface area (Å²) in [6.45, 7) is 0. The van der Waals surface area contributed by atoms with Crippen molar-refractivity contribution in [1.82, 2.24) is 30.5 Å². The van der Waals surface area contributed by atoms with Gasteiger partial charge in [0, 0.05) is 16.6 Å². The summed E-state index contributed by atoms with van der Waals surface area (Å²) in [6, 6.07) is 8.42. The van der Waals surface area contributed by atoms with E-state index in [9.17, 15) is 4.79 Å². The van der Waals surface area contributed by atoms with E-state index >= 15 is 0 Å². The number of rotatable bonds is 3. The summed E-state index contributed by atoms with van der Waals surface area (Å²) in [7, 11) is 0. The van der Waals surface area contributed by atoms with Gasteiger partial charge >= 0.3 is 0 Å². The Kier molecular flexibility index (Phi) is 3.95. The smallest absolute Gasteiger partial charge is 0.248 e. The minimum atomic E-state index is -0.661. The summed E-state index contributed by atoms with van der Waals surface area (Å²) in [5, 5.41) is 16.3. The van der Waals surface area contributed by atoms with E-state index < -0.39 is 5.54 Å². The molecule has 0 radical (unpaired) electrons. The van der Waals surface area contributed by atoms with Crippen molar-refractivity contribution in [2.24, 2.45) is 0 Å². The van der Waals surface area contributed by atoms with Gasteiger partial charge in [-0.1, -0.05) is 37.5 Å². The molecule has 1 fully saturated rings. The Labute approximate surface area is 157 Å². The molecule has 1 aromatic carbocycles. The Hall–Kier alpha value is -2.70. The zero-order valence-electron chi connectivity index (χ0n) is 15.3. The largest absolute Gasteiger partial charge is 0.356 e. The molecule has 7 heteroatoms. The van der Waals surface area contributed by atoms with Crippen molar-refractivity contribution in [3.8, 4) is 0 Å². The van der Waals surface area contributed by atoms with E-state index in [4.69, 9.17) is 0 Å². The molecule has 0 aliphatic heterocycles. The first-order chi connectivity index (χ1) is 13.3. The lowest BCUT2D eigenvalue weighted by Crippen LogP contribution is -2.51. The molecule has 2 aromatic heterocycles. The molecule has 140 valence electrons. The third-order valence-corrected chi connectivity index (χ3v) is 6.31. The number of hydrogen-bond donors (Lipinski definition) is 2. The van der Waals surface area contributed by atoms with Crippen LogP contribution < -0.4 is 5.32 Å². The molecule has 2 aliphatic carbocycles. The van der Waals surface area contributed by atoms with Gasteiger partial charge in [0.05, 0.1) is 6.04 Å². The second-order valence-electron chi connectivity index (χ2n) is 7.83. The number of aromatic nitrogens is 5. The van der Waals surface area contributed by atoms with Crippen molar-refractivity contribution in [2.75, 3.05) is 0 Å². The van der Waals surface area contributed by atoms with E-state index in [-0.39, 0.29) is 11.9 Å². The van der Waals surface area contributed by atoms with Gasteiger partial charge in [0.15, 0.2) is 0 Å². The van der Waals surface area contributed by atoms with Crippen LogP contribution in [-0.2, 0) is 16.8 Å². The summed E-state index contributed by atoms with van der Waals surface area (Å²) < 4.78 is 1.68. The average molecular weight is 364 g/mol. The van der Waals surface area contributed by atoms with E-state index in [1.165, 1.54) is 16.6 Å². The number of carbonyl (C=O) groups excluding carboxylic acids is 1. The SMILES string of the molecule is O=C(N[C@@H]1CCCc2c1[nH]c1ccccc21)C1(n2cnnn2)CCCCC1. The van der Waals surface area contributed by atoms with Crippen LogP contribution in [0.15, 0.2) is 30.6 Å². The second-order valence-corrected chi connectivity index (χ2v) is 7.83. The Morgan fingerprint density at radius 2 is 2.04 bits per heavy atom. The minimum absolute atomic E-state index is 0.0175. The number of amides is 1. The summed E-state index contributed by atoms with van der Waals surface area (Å²) in [6.07, 6.45) is 9.46. The number of aromatic amines is 1. The van der Waals surface area contributed by atoms with Crippen molar-refractivity contribution >= 4 is 16.8 Å². The summed E-state index contributed by atoms with van der Waals surface area (Å²) in [5.74, 6) is 0.0472. The number of fused-ring (bicyclic) bond motifs is 3. The van der Waals surface area contributed by atoms with Crippen LogP contribution in [0.5, 0.6) is 0 Å². The molecule has 2 aliphatic rings. The molecule has 2 heterocycles. The first-order valence-corrected chi connectivity index (χ1v) is 9.92. The molecule has 0 bridgehead atoms. The highest BCUT2D eigenvalue weighted by Crippen LogP contribution is 2.38. The monoisotopic (exact) mass is 364 g/mol. The lowest BCUT2D eigenvalue weighted by atomic mass is 9.80. The van der Waals surface area contributed by atoms with Gasteiger partial charge < -0.3 is 10.3 Å². The van der Waals surface area contributed by atoms with Gasteiger partial charge in [0.1, 0.15) is 11.9 Å². The zero-order chi connectivity index (χ0) is 18.3. The number of tetrazole rings is 1. The molecule has 1 amide bonds. The van der Waals surface area contributed by atoms with Crippen LogP contribution in [0.3, 0.4) is 0 Å². The van der Waals surface area contributed by atoms with Crippen LogP contribution in [-0.4, -0.2) is 31.1 Å². The van der Waals surface area contributed by atoms with Crippen molar-refractivity contribution in [2.45, 2.75) is 62.9 Å². The molecule has 2 N–H and O–H groups in total. The van der Waals surface area contributed by atoms with E-state index in [0.717, 1.165) is 56.9 Å². The lowest BCUT2D eigenvalue weighted by molar-refractivity contribution is -0.133. The molecule has 0 spiro atoms. The Morgan fingerprint density at radius 3 is 2.85 bits per heavy atom. The average Bonchev–Trinajstić information content (AvgIpc) is 3.37. The highest BCUT2D eigenvalue weighted by molar-refractivity contribution is 5.87. The fourth-order valence-electron chi connectivity index (χ4n) is 4.91. The first kappa shape index (κ1) is 16.5. The Morgan fingerprint density at radius 1 is 1.19 bits per heavy atom. The topological polar surface area (TPSA) is 88.5 Å². The molecule has 1 saturated carbocycles. The van der Waals surface area contributed by atoms with Gasteiger partial charge in [-0.2, -0.15) is 0 Å². The highest BCUT2D eigenvalue weighted by Gasteiger charge is 2.43. The van der Waals surface area contributed by atoms with Gasteiger partial charge in [0.2, 0.25) is 5.91 Å². The molecule has 5 rings (SSSR count). The number of benzene rings is 1. The molecule has 27 heavy (non-hydrogen) atoms. The van der Waals surface area contributed by atoms with Gasteiger partial charge in [-0.25, -0.2) is 4.68 Å². The number of para-hydroxylation sites is 1. The second kappa shape index (κ2) is 6.48. The summed E-state index contributed by atoms with van der Waals surface area (Å²) in [5.41, 5.74) is 3.00. The number of H-pyrrole nitrogens is 1. The predicted molar refractivity (Wildman–Crippen MR) is 101 cm³/mol. The Balaban J connectivity index is 1.47. The maximum atomic E-state index is 13.5. The standard InChI is InChI=1S/C20H24N6O/c27-19(20(11-4-1-5-12-20)26-13-21-24-25-26)23-17-10-6-8-15-14-7-2-3-9-16(14)22-18(15)17/h2-3,7,9,13,17,22H,1,4-6,8,10-12H2,(H,23,27)/t17-/m1/s1. The maximum absolute atomic E-state index is 13.5. The number of aryl methyl sites for hydroxylation is 1. The normalized spacial score (nSPS) is 21.7. The minimum Gasteiger partial charge on any atom is -0.356 e. The van der Waals surface area contributed by atoms with Crippen LogP contribution in [0.1, 0.15) is 62.2 Å². The lowest BCUT2D eigenvalue weighted by Gasteiger charge is -2.37. The molecule has 7 nitrogen and oxygen atoms in total. The quantitative estimate of drug-likeness (QED) is 0.748. The molecule has 0 saturated heterocycles. The van der Waals surface area contributed by atoms with Crippen LogP contribution >= 0.6 is 0 Å². The van der Waals surface area contributed by atoms with Gasteiger partial charge in [-0.3, -0.25) is 4.79 Å².